The lowest BCUT2D eigenvalue weighted by Gasteiger charge is -2.18. The number of esters is 3. The van der Waals surface area contributed by atoms with Gasteiger partial charge >= 0.3 is 17.9 Å². The van der Waals surface area contributed by atoms with Gasteiger partial charge in [-0.25, -0.2) is 0 Å². The second-order valence-corrected chi connectivity index (χ2v) is 19.1. The highest BCUT2D eigenvalue weighted by atomic mass is 16.6. The molecule has 0 aromatic carbocycles. The molecule has 0 aliphatic rings. The molecular weight excluding hydrogens is 865 g/mol. The van der Waals surface area contributed by atoms with Crippen LogP contribution in [0.25, 0.3) is 0 Å². The molecule has 0 amide bonds. The SMILES string of the molecule is CC/C=C\C/C=C\C/C=C\C/C=C\C/C=C\CCCCCCCC(=O)OCC(COC(=O)CCCCC/C=C\C/C=C\C/C=C\CC)OC(=O)CCCCCCCCCCCCCCCCCCCC. The molecular formula is C64H108O6. The fourth-order valence-corrected chi connectivity index (χ4v) is 8.01. The van der Waals surface area contributed by atoms with Crippen molar-refractivity contribution in [1.29, 1.82) is 0 Å². The minimum Gasteiger partial charge on any atom is -0.462 e. The Hall–Kier alpha value is -3.67. The van der Waals surface area contributed by atoms with Crippen LogP contribution in [0.5, 0.6) is 0 Å². The average molecular weight is 974 g/mol. The predicted octanol–water partition coefficient (Wildman–Crippen LogP) is 19.7. The summed E-state index contributed by atoms with van der Waals surface area (Å²) in [5.74, 6) is -0.936. The first-order chi connectivity index (χ1) is 34.5. The Balaban J connectivity index is 4.41. The largest absolute Gasteiger partial charge is 0.462 e. The maximum absolute atomic E-state index is 12.9. The highest BCUT2D eigenvalue weighted by Gasteiger charge is 2.19. The zero-order valence-corrected chi connectivity index (χ0v) is 45.8. The van der Waals surface area contributed by atoms with Crippen LogP contribution in [0, 0.1) is 0 Å². The van der Waals surface area contributed by atoms with Gasteiger partial charge in [-0.1, -0.05) is 253 Å². The Morgan fingerprint density at radius 2 is 0.557 bits per heavy atom. The molecule has 0 aliphatic carbocycles. The van der Waals surface area contributed by atoms with Gasteiger partial charge in [-0.15, -0.1) is 0 Å². The number of rotatable bonds is 52. The Morgan fingerprint density at radius 1 is 0.300 bits per heavy atom. The van der Waals surface area contributed by atoms with Gasteiger partial charge in [0.25, 0.3) is 0 Å². The van der Waals surface area contributed by atoms with Gasteiger partial charge in [0.15, 0.2) is 6.10 Å². The normalized spacial score (nSPS) is 12.8. The van der Waals surface area contributed by atoms with Gasteiger partial charge in [0.05, 0.1) is 0 Å². The summed E-state index contributed by atoms with van der Waals surface area (Å²) in [6.45, 7) is 6.39. The van der Waals surface area contributed by atoms with Gasteiger partial charge < -0.3 is 14.2 Å². The molecule has 6 nitrogen and oxygen atoms in total. The molecule has 1 unspecified atom stereocenters. The molecule has 0 rings (SSSR count). The summed E-state index contributed by atoms with van der Waals surface area (Å²) in [6.07, 6.45) is 76.9. The second kappa shape index (κ2) is 57.9. The molecule has 400 valence electrons. The van der Waals surface area contributed by atoms with Gasteiger partial charge in [0.2, 0.25) is 0 Å². The van der Waals surface area contributed by atoms with E-state index in [0.717, 1.165) is 135 Å². The number of hydrogen-bond donors (Lipinski definition) is 0. The van der Waals surface area contributed by atoms with E-state index in [1.807, 2.05) is 0 Å². The van der Waals surface area contributed by atoms with Crippen molar-refractivity contribution < 1.29 is 28.6 Å². The van der Waals surface area contributed by atoms with Gasteiger partial charge in [0, 0.05) is 19.3 Å². The summed E-state index contributed by atoms with van der Waals surface area (Å²) >= 11 is 0. The summed E-state index contributed by atoms with van der Waals surface area (Å²) < 4.78 is 16.8. The zero-order valence-electron chi connectivity index (χ0n) is 45.8. The van der Waals surface area contributed by atoms with E-state index < -0.39 is 6.10 Å². The fourth-order valence-electron chi connectivity index (χ4n) is 8.01. The van der Waals surface area contributed by atoms with Crippen molar-refractivity contribution in [3.8, 4) is 0 Å². The van der Waals surface area contributed by atoms with Gasteiger partial charge in [-0.3, -0.25) is 14.4 Å². The van der Waals surface area contributed by atoms with Crippen molar-refractivity contribution in [1.82, 2.24) is 0 Å². The number of unbranched alkanes of at least 4 members (excludes halogenated alkanes) is 25. The molecule has 0 saturated heterocycles. The van der Waals surface area contributed by atoms with Crippen molar-refractivity contribution in [3.05, 3.63) is 97.2 Å². The van der Waals surface area contributed by atoms with Crippen molar-refractivity contribution in [2.45, 2.75) is 277 Å². The van der Waals surface area contributed by atoms with E-state index in [4.69, 9.17) is 14.2 Å². The summed E-state index contributed by atoms with van der Waals surface area (Å²) in [4.78, 5) is 38.2. The summed E-state index contributed by atoms with van der Waals surface area (Å²) in [5, 5.41) is 0. The van der Waals surface area contributed by atoms with E-state index in [0.29, 0.717) is 19.3 Å². The molecule has 0 heterocycles. The van der Waals surface area contributed by atoms with Crippen LogP contribution in [0.1, 0.15) is 271 Å². The molecule has 0 aromatic heterocycles. The highest BCUT2D eigenvalue weighted by Crippen LogP contribution is 2.16. The van der Waals surface area contributed by atoms with Crippen molar-refractivity contribution in [2.24, 2.45) is 0 Å². The van der Waals surface area contributed by atoms with Crippen LogP contribution in [0.2, 0.25) is 0 Å². The molecule has 1 atom stereocenters. The van der Waals surface area contributed by atoms with Crippen LogP contribution >= 0.6 is 0 Å². The second-order valence-electron chi connectivity index (χ2n) is 19.1. The van der Waals surface area contributed by atoms with E-state index in [1.54, 1.807) is 0 Å². The Morgan fingerprint density at radius 3 is 0.886 bits per heavy atom. The Labute approximate surface area is 432 Å². The summed E-state index contributed by atoms with van der Waals surface area (Å²) in [6, 6.07) is 0. The van der Waals surface area contributed by atoms with E-state index in [2.05, 4.69) is 118 Å². The van der Waals surface area contributed by atoms with Gasteiger partial charge in [0.1, 0.15) is 13.2 Å². The van der Waals surface area contributed by atoms with Crippen LogP contribution in [0.3, 0.4) is 0 Å². The molecule has 0 fully saturated rings. The minimum atomic E-state index is -0.797. The predicted molar refractivity (Wildman–Crippen MR) is 302 cm³/mol. The topological polar surface area (TPSA) is 78.9 Å². The third-order valence-electron chi connectivity index (χ3n) is 12.3. The molecule has 0 spiro atoms. The van der Waals surface area contributed by atoms with Crippen LogP contribution in [-0.2, 0) is 28.6 Å². The van der Waals surface area contributed by atoms with Crippen molar-refractivity contribution in [2.75, 3.05) is 13.2 Å². The maximum Gasteiger partial charge on any atom is 0.306 e. The van der Waals surface area contributed by atoms with Crippen molar-refractivity contribution in [3.63, 3.8) is 0 Å². The lowest BCUT2D eigenvalue weighted by molar-refractivity contribution is -0.167. The number of allylic oxidation sites excluding steroid dienone is 16. The molecule has 0 aromatic rings. The third kappa shape index (κ3) is 55.3. The summed E-state index contributed by atoms with van der Waals surface area (Å²) in [5.41, 5.74) is 0. The quantitative estimate of drug-likeness (QED) is 0.0262. The minimum absolute atomic E-state index is 0.0960. The number of carbonyl (C=O) groups is 3. The Bertz CT molecular complexity index is 1400. The van der Waals surface area contributed by atoms with Crippen LogP contribution < -0.4 is 0 Å². The average Bonchev–Trinajstić information content (AvgIpc) is 3.36. The van der Waals surface area contributed by atoms with Crippen LogP contribution in [-0.4, -0.2) is 37.2 Å². The molecule has 6 heteroatoms. The monoisotopic (exact) mass is 973 g/mol. The molecule has 70 heavy (non-hydrogen) atoms. The van der Waals surface area contributed by atoms with E-state index >= 15 is 0 Å². The molecule has 0 N–H and O–H groups in total. The smallest absolute Gasteiger partial charge is 0.306 e. The molecule has 0 radical (unpaired) electrons. The first-order valence-corrected chi connectivity index (χ1v) is 29.2. The molecule has 0 bridgehead atoms. The first kappa shape index (κ1) is 66.3. The standard InChI is InChI=1S/C64H108O6/c1-4-7-10-13-16-19-22-25-27-29-31-32-33-35-36-39-42-45-48-51-54-57-63(66)69-60-61(59-68-62(65)56-53-50-47-44-41-38-24-21-18-15-12-9-6-3)70-64(67)58-55-52-49-46-43-40-37-34-30-28-26-23-20-17-14-11-8-5-2/h7,9-10,12,16,18-19,21,25,27,31-32,35-36,38,41,61H,4-6,8,11,13-15,17,20,22-24,26,28-30,33-34,37,39-40,42-60H2,1-3H3/b10-7-,12-9-,19-16-,21-18-,27-25-,32-31-,36-35-,41-38-. The highest BCUT2D eigenvalue weighted by molar-refractivity contribution is 5.71. The van der Waals surface area contributed by atoms with E-state index in [9.17, 15) is 14.4 Å². The first-order valence-electron chi connectivity index (χ1n) is 29.2. The van der Waals surface area contributed by atoms with E-state index in [1.165, 1.54) is 96.3 Å². The molecule has 0 saturated carbocycles. The Kier molecular flexibility index (Phi) is 54.9. The molecule has 0 aliphatic heterocycles. The third-order valence-corrected chi connectivity index (χ3v) is 12.3. The maximum atomic E-state index is 12.9. The zero-order chi connectivity index (χ0) is 50.7. The number of hydrogen-bond acceptors (Lipinski definition) is 6. The van der Waals surface area contributed by atoms with Gasteiger partial charge in [-0.05, 0) is 96.3 Å². The van der Waals surface area contributed by atoms with Crippen molar-refractivity contribution >= 4 is 17.9 Å². The lowest BCUT2D eigenvalue weighted by Crippen LogP contribution is -2.30. The number of ether oxygens (including phenoxy) is 3. The van der Waals surface area contributed by atoms with Crippen LogP contribution in [0.4, 0.5) is 0 Å². The van der Waals surface area contributed by atoms with Crippen LogP contribution in [0.15, 0.2) is 97.2 Å². The fraction of sp³-hybridized carbons (Fsp3) is 0.703. The lowest BCUT2D eigenvalue weighted by atomic mass is 10.0. The number of carbonyl (C=O) groups excluding carboxylic acids is 3. The van der Waals surface area contributed by atoms with Gasteiger partial charge in [-0.2, -0.15) is 0 Å². The summed E-state index contributed by atoms with van der Waals surface area (Å²) in [7, 11) is 0. The van der Waals surface area contributed by atoms with E-state index in [-0.39, 0.29) is 31.1 Å².